The molecule has 3 heteroatoms. The molecule has 0 saturated carbocycles. The second kappa shape index (κ2) is 6.09. The largest absolute Gasteiger partial charge is 0.457 e. The Morgan fingerprint density at radius 2 is 1.89 bits per heavy atom. The lowest BCUT2D eigenvalue weighted by molar-refractivity contribution is 0.170. The van der Waals surface area contributed by atoms with E-state index in [2.05, 4.69) is 0 Å². The van der Waals surface area contributed by atoms with Crippen LogP contribution in [0.15, 0.2) is 42.5 Å². The summed E-state index contributed by atoms with van der Waals surface area (Å²) < 4.78 is 5.90. The topological polar surface area (TPSA) is 29.5 Å². The minimum atomic E-state index is -0.510. The SMILES string of the molecule is CC[C@@H](O)c1ccccc1Oc1ccc(Cl)cc1C. The van der Waals surface area contributed by atoms with E-state index in [-0.39, 0.29) is 0 Å². The van der Waals surface area contributed by atoms with Gasteiger partial charge in [0.05, 0.1) is 6.10 Å². The fraction of sp³-hybridized carbons (Fsp3) is 0.250. The van der Waals surface area contributed by atoms with Crippen LogP contribution >= 0.6 is 11.6 Å². The quantitative estimate of drug-likeness (QED) is 0.862. The first-order chi connectivity index (χ1) is 9.11. The molecular weight excluding hydrogens is 260 g/mol. The molecule has 0 radical (unpaired) electrons. The van der Waals surface area contributed by atoms with Gasteiger partial charge in [-0.3, -0.25) is 0 Å². The van der Waals surface area contributed by atoms with Gasteiger partial charge in [-0.1, -0.05) is 36.7 Å². The molecule has 0 spiro atoms. The van der Waals surface area contributed by atoms with E-state index in [0.717, 1.165) is 16.9 Å². The molecule has 0 aliphatic carbocycles. The van der Waals surface area contributed by atoms with E-state index in [4.69, 9.17) is 16.3 Å². The van der Waals surface area contributed by atoms with Gasteiger partial charge in [0, 0.05) is 10.6 Å². The number of ether oxygens (including phenoxy) is 1. The Kier molecular flexibility index (Phi) is 4.46. The fourth-order valence-corrected chi connectivity index (χ4v) is 2.14. The lowest BCUT2D eigenvalue weighted by Crippen LogP contribution is -1.99. The molecule has 0 aromatic heterocycles. The molecule has 1 N–H and O–H groups in total. The number of halogens is 1. The van der Waals surface area contributed by atoms with E-state index < -0.39 is 6.10 Å². The van der Waals surface area contributed by atoms with Crippen molar-refractivity contribution in [2.75, 3.05) is 0 Å². The molecule has 0 bridgehead atoms. The predicted octanol–water partition coefficient (Wildman–Crippen LogP) is 4.88. The molecule has 0 aliphatic heterocycles. The highest BCUT2D eigenvalue weighted by atomic mass is 35.5. The van der Waals surface area contributed by atoms with Crippen LogP contribution in [0, 0.1) is 6.92 Å². The van der Waals surface area contributed by atoms with Crippen LogP contribution in [0.25, 0.3) is 0 Å². The number of hydrogen-bond acceptors (Lipinski definition) is 2. The number of aliphatic hydroxyl groups excluding tert-OH is 1. The summed E-state index contributed by atoms with van der Waals surface area (Å²) in [4.78, 5) is 0. The number of aryl methyl sites for hydroxylation is 1. The van der Waals surface area contributed by atoms with Crippen molar-refractivity contribution in [1.29, 1.82) is 0 Å². The number of aliphatic hydroxyl groups is 1. The molecule has 0 heterocycles. The van der Waals surface area contributed by atoms with Crippen molar-refractivity contribution in [2.45, 2.75) is 26.4 Å². The summed E-state index contributed by atoms with van der Waals surface area (Å²) in [5.41, 5.74) is 1.77. The maximum Gasteiger partial charge on any atom is 0.133 e. The van der Waals surface area contributed by atoms with Gasteiger partial charge in [0.2, 0.25) is 0 Å². The Hall–Kier alpha value is -1.51. The Balaban J connectivity index is 2.33. The third kappa shape index (κ3) is 3.28. The monoisotopic (exact) mass is 276 g/mol. The van der Waals surface area contributed by atoms with Crippen LogP contribution in [0.2, 0.25) is 5.02 Å². The van der Waals surface area contributed by atoms with Crippen LogP contribution in [-0.2, 0) is 0 Å². The van der Waals surface area contributed by atoms with Crippen molar-refractivity contribution in [2.24, 2.45) is 0 Å². The number of hydrogen-bond donors (Lipinski definition) is 1. The standard InChI is InChI=1S/C16H17ClO2/c1-3-14(18)13-6-4-5-7-16(13)19-15-9-8-12(17)10-11(15)2/h4-10,14,18H,3H2,1-2H3/t14-/m1/s1. The summed E-state index contributed by atoms with van der Waals surface area (Å²) in [5.74, 6) is 1.43. The zero-order chi connectivity index (χ0) is 13.8. The molecule has 0 aliphatic rings. The number of para-hydroxylation sites is 1. The van der Waals surface area contributed by atoms with Gasteiger partial charge >= 0.3 is 0 Å². The maximum absolute atomic E-state index is 10.0. The number of rotatable bonds is 4. The van der Waals surface area contributed by atoms with Gasteiger partial charge in [-0.25, -0.2) is 0 Å². The highest BCUT2D eigenvalue weighted by Crippen LogP contribution is 2.33. The van der Waals surface area contributed by atoms with Crippen molar-refractivity contribution in [3.63, 3.8) is 0 Å². The van der Waals surface area contributed by atoms with Gasteiger partial charge in [-0.05, 0) is 43.2 Å². The smallest absolute Gasteiger partial charge is 0.133 e. The molecule has 2 aromatic carbocycles. The average molecular weight is 277 g/mol. The van der Waals surface area contributed by atoms with Crippen LogP contribution in [-0.4, -0.2) is 5.11 Å². The fourth-order valence-electron chi connectivity index (χ4n) is 1.91. The van der Waals surface area contributed by atoms with Crippen molar-refractivity contribution in [3.05, 3.63) is 58.6 Å². The lowest BCUT2D eigenvalue weighted by atomic mass is 10.1. The van der Waals surface area contributed by atoms with Gasteiger partial charge in [0.1, 0.15) is 11.5 Å². The average Bonchev–Trinajstić information content (AvgIpc) is 2.41. The molecule has 0 saturated heterocycles. The van der Waals surface area contributed by atoms with Crippen molar-refractivity contribution < 1.29 is 9.84 Å². The van der Waals surface area contributed by atoms with E-state index in [1.54, 1.807) is 6.07 Å². The van der Waals surface area contributed by atoms with Crippen LogP contribution in [0.1, 0.15) is 30.6 Å². The van der Waals surface area contributed by atoms with E-state index >= 15 is 0 Å². The first-order valence-corrected chi connectivity index (χ1v) is 6.70. The van der Waals surface area contributed by atoms with Crippen LogP contribution < -0.4 is 4.74 Å². The summed E-state index contributed by atoms with van der Waals surface area (Å²) in [5, 5.41) is 10.7. The molecular formula is C16H17ClO2. The number of benzene rings is 2. The summed E-state index contributed by atoms with van der Waals surface area (Å²) in [7, 11) is 0. The minimum absolute atomic E-state index is 0.510. The highest BCUT2D eigenvalue weighted by Gasteiger charge is 2.12. The molecule has 2 aromatic rings. The van der Waals surface area contributed by atoms with Crippen molar-refractivity contribution in [1.82, 2.24) is 0 Å². The predicted molar refractivity (Wildman–Crippen MR) is 78.0 cm³/mol. The Morgan fingerprint density at radius 1 is 1.16 bits per heavy atom. The Bertz CT molecular complexity index is 566. The lowest BCUT2D eigenvalue weighted by Gasteiger charge is -2.15. The van der Waals surface area contributed by atoms with Crippen molar-refractivity contribution in [3.8, 4) is 11.5 Å². The molecule has 19 heavy (non-hydrogen) atoms. The summed E-state index contributed by atoms with van der Waals surface area (Å²) >= 11 is 5.93. The van der Waals surface area contributed by atoms with Crippen LogP contribution in [0.3, 0.4) is 0 Å². The van der Waals surface area contributed by atoms with E-state index in [1.807, 2.05) is 50.2 Å². The van der Waals surface area contributed by atoms with Crippen LogP contribution in [0.5, 0.6) is 11.5 Å². The van der Waals surface area contributed by atoms with Gasteiger partial charge < -0.3 is 9.84 Å². The zero-order valence-electron chi connectivity index (χ0n) is 11.1. The summed E-state index contributed by atoms with van der Waals surface area (Å²) in [6.45, 7) is 3.88. The zero-order valence-corrected chi connectivity index (χ0v) is 11.8. The first kappa shape index (κ1) is 13.9. The molecule has 2 nitrogen and oxygen atoms in total. The van der Waals surface area contributed by atoms with Gasteiger partial charge in [0.15, 0.2) is 0 Å². The normalized spacial score (nSPS) is 12.2. The minimum Gasteiger partial charge on any atom is -0.457 e. The summed E-state index contributed by atoms with van der Waals surface area (Å²) in [6.07, 6.45) is 0.142. The van der Waals surface area contributed by atoms with Gasteiger partial charge in [-0.2, -0.15) is 0 Å². The van der Waals surface area contributed by atoms with Crippen molar-refractivity contribution >= 4 is 11.6 Å². The molecule has 100 valence electrons. The molecule has 1 atom stereocenters. The third-order valence-corrected chi connectivity index (χ3v) is 3.26. The second-order valence-corrected chi connectivity index (χ2v) is 4.91. The van der Waals surface area contributed by atoms with Crippen LogP contribution in [0.4, 0.5) is 0 Å². The molecule has 2 rings (SSSR count). The van der Waals surface area contributed by atoms with Gasteiger partial charge in [0.25, 0.3) is 0 Å². The summed E-state index contributed by atoms with van der Waals surface area (Å²) in [6, 6.07) is 13.0. The van der Waals surface area contributed by atoms with Gasteiger partial charge in [-0.15, -0.1) is 0 Å². The molecule has 0 unspecified atom stereocenters. The Labute approximate surface area is 118 Å². The third-order valence-electron chi connectivity index (χ3n) is 3.02. The Morgan fingerprint density at radius 3 is 2.58 bits per heavy atom. The van der Waals surface area contributed by atoms with E-state index in [0.29, 0.717) is 17.2 Å². The first-order valence-electron chi connectivity index (χ1n) is 6.32. The molecule has 0 amide bonds. The van der Waals surface area contributed by atoms with E-state index in [9.17, 15) is 5.11 Å². The maximum atomic E-state index is 10.0. The highest BCUT2D eigenvalue weighted by molar-refractivity contribution is 6.30. The second-order valence-electron chi connectivity index (χ2n) is 4.47. The van der Waals surface area contributed by atoms with E-state index in [1.165, 1.54) is 0 Å². The molecule has 0 fully saturated rings.